The van der Waals surface area contributed by atoms with Crippen molar-refractivity contribution in [2.45, 2.75) is 6.18 Å². The SMILES string of the molecule is O=C(CI)Nc1c(Cl)cc(C(F)(F)F)cc1Cl. The van der Waals surface area contributed by atoms with E-state index < -0.39 is 17.6 Å². The standard InChI is InChI=1S/C9H5Cl2F3INO/c10-5-1-4(9(12,13)14)2-6(11)8(5)16-7(17)3-15/h1-2H,3H2,(H,16,17). The van der Waals surface area contributed by atoms with E-state index in [1.165, 1.54) is 0 Å². The van der Waals surface area contributed by atoms with Gasteiger partial charge in [0, 0.05) is 0 Å². The van der Waals surface area contributed by atoms with Gasteiger partial charge in [-0.2, -0.15) is 13.2 Å². The van der Waals surface area contributed by atoms with Crippen LogP contribution in [0.5, 0.6) is 0 Å². The van der Waals surface area contributed by atoms with E-state index in [1.54, 1.807) is 22.6 Å². The molecule has 2 nitrogen and oxygen atoms in total. The highest BCUT2D eigenvalue weighted by molar-refractivity contribution is 14.1. The second kappa shape index (κ2) is 5.62. The summed E-state index contributed by atoms with van der Waals surface area (Å²) in [5.41, 5.74) is -0.969. The zero-order valence-corrected chi connectivity index (χ0v) is 11.7. The first-order valence-electron chi connectivity index (χ1n) is 4.17. The van der Waals surface area contributed by atoms with Crippen molar-refractivity contribution in [1.29, 1.82) is 0 Å². The molecular weight excluding hydrogens is 393 g/mol. The number of nitrogens with one attached hydrogen (secondary N) is 1. The predicted molar refractivity (Wildman–Crippen MR) is 69.0 cm³/mol. The number of hydrogen-bond acceptors (Lipinski definition) is 1. The minimum absolute atomic E-state index is 0.0111. The van der Waals surface area contributed by atoms with Crippen molar-refractivity contribution in [3.63, 3.8) is 0 Å². The first-order valence-corrected chi connectivity index (χ1v) is 6.46. The Bertz CT molecular complexity index is 427. The van der Waals surface area contributed by atoms with Gasteiger partial charge in [0.1, 0.15) is 0 Å². The molecule has 0 fully saturated rings. The molecule has 94 valence electrons. The van der Waals surface area contributed by atoms with Crippen molar-refractivity contribution in [1.82, 2.24) is 0 Å². The molecule has 1 rings (SSSR count). The highest BCUT2D eigenvalue weighted by Gasteiger charge is 2.32. The average molecular weight is 398 g/mol. The van der Waals surface area contributed by atoms with Crippen LogP contribution in [0.25, 0.3) is 0 Å². The number of alkyl halides is 4. The number of anilines is 1. The summed E-state index contributed by atoms with van der Waals surface area (Å²) in [7, 11) is 0. The van der Waals surface area contributed by atoms with E-state index in [1.807, 2.05) is 0 Å². The van der Waals surface area contributed by atoms with Gasteiger partial charge in [-0.3, -0.25) is 4.79 Å². The summed E-state index contributed by atoms with van der Waals surface area (Å²) >= 11 is 13.1. The smallest absolute Gasteiger partial charge is 0.323 e. The lowest BCUT2D eigenvalue weighted by Crippen LogP contribution is -2.14. The molecule has 0 spiro atoms. The van der Waals surface area contributed by atoms with Crippen LogP contribution in [-0.2, 0) is 11.0 Å². The quantitative estimate of drug-likeness (QED) is 0.582. The molecule has 0 aromatic heterocycles. The number of carbonyl (C=O) groups is 1. The second-order valence-electron chi connectivity index (χ2n) is 2.99. The van der Waals surface area contributed by atoms with Crippen LogP contribution >= 0.6 is 45.8 Å². The van der Waals surface area contributed by atoms with E-state index in [2.05, 4.69) is 5.32 Å². The summed E-state index contributed by atoms with van der Waals surface area (Å²) in [4.78, 5) is 11.1. The Hall–Kier alpha value is -0.210. The molecule has 0 heterocycles. The fourth-order valence-corrected chi connectivity index (χ4v) is 1.80. The maximum Gasteiger partial charge on any atom is 0.416 e. The number of halogens is 6. The Kier molecular flexibility index (Phi) is 4.91. The second-order valence-corrected chi connectivity index (χ2v) is 4.57. The van der Waals surface area contributed by atoms with Crippen LogP contribution in [0.3, 0.4) is 0 Å². The molecule has 0 radical (unpaired) electrons. The molecule has 0 bridgehead atoms. The zero-order valence-electron chi connectivity index (χ0n) is 8.04. The van der Waals surface area contributed by atoms with Gasteiger partial charge in [0.15, 0.2) is 0 Å². The average Bonchev–Trinajstić information content (AvgIpc) is 2.21. The largest absolute Gasteiger partial charge is 0.416 e. The first-order chi connectivity index (χ1) is 7.75. The van der Waals surface area contributed by atoms with Crippen LogP contribution in [0.4, 0.5) is 18.9 Å². The monoisotopic (exact) mass is 397 g/mol. The summed E-state index contributed by atoms with van der Waals surface area (Å²) < 4.78 is 37.4. The lowest BCUT2D eigenvalue weighted by Gasteiger charge is -2.12. The number of hydrogen-bond donors (Lipinski definition) is 1. The minimum Gasteiger partial charge on any atom is -0.323 e. The molecule has 0 atom stereocenters. The summed E-state index contributed by atoms with van der Waals surface area (Å²) in [6.45, 7) is 0. The minimum atomic E-state index is -4.53. The number of rotatable bonds is 2. The van der Waals surface area contributed by atoms with E-state index >= 15 is 0 Å². The number of benzene rings is 1. The van der Waals surface area contributed by atoms with Gasteiger partial charge >= 0.3 is 6.18 Å². The van der Waals surface area contributed by atoms with Gasteiger partial charge < -0.3 is 5.32 Å². The van der Waals surface area contributed by atoms with Gasteiger partial charge in [0.25, 0.3) is 0 Å². The third-order valence-corrected chi connectivity index (χ3v) is 3.04. The molecule has 1 N–H and O–H groups in total. The van der Waals surface area contributed by atoms with Gasteiger partial charge in [-0.05, 0) is 12.1 Å². The molecule has 0 unspecified atom stereocenters. The molecule has 8 heteroatoms. The Labute approximate surface area is 119 Å². The maximum atomic E-state index is 12.4. The van der Waals surface area contributed by atoms with Crippen LogP contribution in [-0.4, -0.2) is 10.3 Å². The predicted octanol–water partition coefficient (Wildman–Crippen LogP) is 4.39. The summed E-state index contributed by atoms with van der Waals surface area (Å²) in [6.07, 6.45) is -4.53. The topological polar surface area (TPSA) is 29.1 Å². The van der Waals surface area contributed by atoms with E-state index in [9.17, 15) is 18.0 Å². The van der Waals surface area contributed by atoms with Gasteiger partial charge in [-0.1, -0.05) is 45.8 Å². The van der Waals surface area contributed by atoms with Gasteiger partial charge in [-0.15, -0.1) is 0 Å². The summed E-state index contributed by atoms with van der Waals surface area (Å²) in [5.74, 6) is -0.394. The van der Waals surface area contributed by atoms with Crippen molar-refractivity contribution >= 4 is 57.4 Å². The molecule has 0 saturated heterocycles. The fourth-order valence-electron chi connectivity index (χ4n) is 1.03. The Morgan fingerprint density at radius 2 is 1.76 bits per heavy atom. The highest BCUT2D eigenvalue weighted by atomic mass is 127. The van der Waals surface area contributed by atoms with Crippen LogP contribution in [0.1, 0.15) is 5.56 Å². The Balaban J connectivity index is 3.15. The molecule has 1 aromatic carbocycles. The fraction of sp³-hybridized carbons (Fsp3) is 0.222. The Morgan fingerprint density at radius 3 is 2.12 bits per heavy atom. The normalized spacial score (nSPS) is 11.4. The lowest BCUT2D eigenvalue weighted by molar-refractivity contribution is -0.137. The van der Waals surface area contributed by atoms with Gasteiger partial charge in [-0.25, -0.2) is 0 Å². The molecule has 0 aliphatic carbocycles. The number of amides is 1. The van der Waals surface area contributed by atoms with Gasteiger partial charge in [0.05, 0.1) is 25.7 Å². The molecule has 0 saturated carbocycles. The molecular formula is C9H5Cl2F3INO. The first kappa shape index (κ1) is 14.8. The summed E-state index contributed by atoms with van der Waals surface area (Å²) in [5, 5.41) is 1.83. The van der Waals surface area contributed by atoms with Crippen LogP contribution in [0.15, 0.2) is 12.1 Å². The third kappa shape index (κ3) is 3.89. The van der Waals surface area contributed by atoms with Crippen molar-refractivity contribution in [3.05, 3.63) is 27.7 Å². The van der Waals surface area contributed by atoms with Crippen LogP contribution < -0.4 is 5.32 Å². The van der Waals surface area contributed by atoms with Gasteiger partial charge in [0.2, 0.25) is 5.91 Å². The molecule has 1 amide bonds. The molecule has 0 aliphatic heterocycles. The van der Waals surface area contributed by atoms with E-state index in [0.717, 1.165) is 12.1 Å². The van der Waals surface area contributed by atoms with E-state index in [0.29, 0.717) is 0 Å². The van der Waals surface area contributed by atoms with Crippen molar-refractivity contribution in [3.8, 4) is 0 Å². The Morgan fingerprint density at radius 1 is 1.29 bits per heavy atom. The molecule has 0 aliphatic rings. The van der Waals surface area contributed by atoms with Crippen molar-refractivity contribution < 1.29 is 18.0 Å². The molecule has 1 aromatic rings. The van der Waals surface area contributed by atoms with Crippen LogP contribution in [0, 0.1) is 0 Å². The maximum absolute atomic E-state index is 12.4. The van der Waals surface area contributed by atoms with Crippen LogP contribution in [0.2, 0.25) is 10.0 Å². The van der Waals surface area contributed by atoms with Crippen molar-refractivity contribution in [2.24, 2.45) is 0 Å². The summed E-state index contributed by atoms with van der Waals surface area (Å²) in [6, 6.07) is 1.44. The van der Waals surface area contributed by atoms with E-state index in [4.69, 9.17) is 23.2 Å². The third-order valence-electron chi connectivity index (χ3n) is 1.76. The lowest BCUT2D eigenvalue weighted by atomic mass is 10.2. The molecule has 17 heavy (non-hydrogen) atoms. The zero-order chi connectivity index (χ0) is 13.2. The van der Waals surface area contributed by atoms with E-state index in [-0.39, 0.29) is 20.2 Å². The van der Waals surface area contributed by atoms with Crippen molar-refractivity contribution in [2.75, 3.05) is 9.74 Å². The highest BCUT2D eigenvalue weighted by Crippen LogP contribution is 2.38. The number of carbonyl (C=O) groups excluding carboxylic acids is 1.